The van der Waals surface area contributed by atoms with Crippen LogP contribution in [0.5, 0.6) is 0 Å². The average molecular weight is 348 g/mol. The summed E-state index contributed by atoms with van der Waals surface area (Å²) < 4.78 is 9.33. The Bertz CT molecular complexity index is 672. The van der Waals surface area contributed by atoms with E-state index in [-0.39, 0.29) is 18.3 Å². The molecule has 0 aromatic heterocycles. The number of ether oxygens (including phenoxy) is 2. The largest absolute Gasteiger partial charge is 0.469 e. The van der Waals surface area contributed by atoms with Crippen LogP contribution in [0.2, 0.25) is 0 Å². The number of hydrogen-bond donors (Lipinski definition) is 2. The first-order valence-corrected chi connectivity index (χ1v) is 8.29. The number of amides is 1. The van der Waals surface area contributed by atoms with Crippen LogP contribution in [0.15, 0.2) is 12.1 Å². The van der Waals surface area contributed by atoms with Crippen molar-refractivity contribution in [3.63, 3.8) is 0 Å². The van der Waals surface area contributed by atoms with E-state index in [0.29, 0.717) is 18.4 Å². The zero-order valence-corrected chi connectivity index (χ0v) is 14.8. The monoisotopic (exact) mass is 348 g/mol. The van der Waals surface area contributed by atoms with Crippen molar-refractivity contribution in [2.75, 3.05) is 26.1 Å². The van der Waals surface area contributed by atoms with Gasteiger partial charge in [0.1, 0.15) is 6.04 Å². The van der Waals surface area contributed by atoms with Crippen LogP contribution in [0, 0.1) is 6.92 Å². The highest BCUT2D eigenvalue weighted by atomic mass is 16.5. The van der Waals surface area contributed by atoms with Crippen molar-refractivity contribution in [1.82, 2.24) is 5.32 Å². The smallest absolute Gasteiger partial charge is 0.328 e. The van der Waals surface area contributed by atoms with Gasteiger partial charge in [-0.3, -0.25) is 9.59 Å². The minimum Gasteiger partial charge on any atom is -0.469 e. The predicted octanol–water partition coefficient (Wildman–Crippen LogP) is 1.58. The first-order chi connectivity index (χ1) is 12.0. The Labute approximate surface area is 147 Å². The van der Waals surface area contributed by atoms with Gasteiger partial charge in [-0.15, -0.1) is 0 Å². The molecule has 2 N–H and O–H groups in total. The zero-order valence-electron chi connectivity index (χ0n) is 14.8. The molecular weight excluding hydrogens is 324 g/mol. The summed E-state index contributed by atoms with van der Waals surface area (Å²) in [6.45, 7) is 2.81. The molecule has 2 rings (SSSR count). The van der Waals surface area contributed by atoms with Gasteiger partial charge in [-0.25, -0.2) is 4.79 Å². The summed E-state index contributed by atoms with van der Waals surface area (Å²) in [7, 11) is 2.58. The number of benzene rings is 1. The van der Waals surface area contributed by atoms with Gasteiger partial charge in [-0.1, -0.05) is 0 Å². The molecule has 0 bridgehead atoms. The Morgan fingerprint density at radius 2 is 2.00 bits per heavy atom. The fourth-order valence-corrected chi connectivity index (χ4v) is 2.95. The Balaban J connectivity index is 2.05. The lowest BCUT2D eigenvalue weighted by molar-refractivity contribution is -0.144. The molecule has 136 valence electrons. The van der Waals surface area contributed by atoms with Crippen LogP contribution in [0.3, 0.4) is 0 Å². The van der Waals surface area contributed by atoms with Crippen molar-refractivity contribution >= 4 is 23.5 Å². The lowest BCUT2D eigenvalue weighted by atomic mass is 10.0. The molecule has 0 aliphatic carbocycles. The van der Waals surface area contributed by atoms with E-state index in [1.54, 1.807) is 6.07 Å². The van der Waals surface area contributed by atoms with Gasteiger partial charge in [0.05, 0.1) is 14.2 Å². The quantitative estimate of drug-likeness (QED) is 0.727. The molecule has 0 radical (unpaired) electrons. The maximum Gasteiger partial charge on any atom is 0.328 e. The molecule has 1 aliphatic heterocycles. The lowest BCUT2D eigenvalue weighted by Gasteiger charge is -2.17. The van der Waals surface area contributed by atoms with Crippen LogP contribution in [-0.4, -0.2) is 44.7 Å². The topological polar surface area (TPSA) is 93.7 Å². The highest BCUT2D eigenvalue weighted by molar-refractivity contribution is 5.97. The van der Waals surface area contributed by atoms with E-state index in [0.717, 1.165) is 29.8 Å². The van der Waals surface area contributed by atoms with Crippen LogP contribution in [-0.2, 0) is 25.5 Å². The number of fused-ring (bicyclic) bond motifs is 1. The molecular formula is C18H24N2O5. The fourth-order valence-electron chi connectivity index (χ4n) is 2.95. The van der Waals surface area contributed by atoms with Crippen molar-refractivity contribution in [2.24, 2.45) is 0 Å². The van der Waals surface area contributed by atoms with E-state index < -0.39 is 12.0 Å². The summed E-state index contributed by atoms with van der Waals surface area (Å²) in [6, 6.07) is 2.85. The maximum atomic E-state index is 12.5. The second-order valence-electron chi connectivity index (χ2n) is 6.02. The number of methoxy groups -OCH3 is 2. The Kier molecular flexibility index (Phi) is 6.38. The summed E-state index contributed by atoms with van der Waals surface area (Å²) in [4.78, 5) is 35.7. The third kappa shape index (κ3) is 4.71. The number of carbonyl (C=O) groups is 3. The van der Waals surface area contributed by atoms with Crippen LogP contribution in [0.1, 0.15) is 40.7 Å². The molecule has 0 saturated carbocycles. The van der Waals surface area contributed by atoms with Crippen molar-refractivity contribution in [3.05, 3.63) is 28.8 Å². The zero-order chi connectivity index (χ0) is 18.4. The van der Waals surface area contributed by atoms with Gasteiger partial charge in [0.2, 0.25) is 0 Å². The average Bonchev–Trinajstić information content (AvgIpc) is 3.08. The SMILES string of the molecule is COC(=O)CCC[C@H](NC(=O)c1cc(C)c2c(c1)CCN2)C(=O)OC. The van der Waals surface area contributed by atoms with Gasteiger partial charge in [0, 0.05) is 24.2 Å². The van der Waals surface area contributed by atoms with E-state index in [9.17, 15) is 14.4 Å². The predicted molar refractivity (Wildman–Crippen MR) is 92.5 cm³/mol. The van der Waals surface area contributed by atoms with E-state index >= 15 is 0 Å². The summed E-state index contributed by atoms with van der Waals surface area (Å²) in [5.41, 5.74) is 3.70. The molecule has 1 aromatic rings. The van der Waals surface area contributed by atoms with Crippen molar-refractivity contribution in [1.29, 1.82) is 0 Å². The fraction of sp³-hybridized carbons (Fsp3) is 0.500. The number of carbonyl (C=O) groups excluding carboxylic acids is 3. The lowest BCUT2D eigenvalue weighted by Crippen LogP contribution is -2.41. The number of esters is 2. The number of anilines is 1. The normalized spacial score (nSPS) is 13.4. The van der Waals surface area contributed by atoms with Gasteiger partial charge >= 0.3 is 11.9 Å². The van der Waals surface area contributed by atoms with Crippen molar-refractivity contribution in [3.8, 4) is 0 Å². The highest BCUT2D eigenvalue weighted by Gasteiger charge is 2.23. The number of aryl methyl sites for hydroxylation is 1. The summed E-state index contributed by atoms with van der Waals surface area (Å²) in [5, 5.41) is 6.01. The molecule has 0 spiro atoms. The third-order valence-electron chi connectivity index (χ3n) is 4.27. The Morgan fingerprint density at radius 1 is 1.24 bits per heavy atom. The molecule has 1 aliphatic rings. The standard InChI is InChI=1S/C18H24N2O5/c1-11-9-13(10-12-7-8-19-16(11)12)17(22)20-14(18(23)25-3)5-4-6-15(21)24-2/h9-10,14,19H,4-8H2,1-3H3,(H,20,22)/t14-/m0/s1. The van der Waals surface area contributed by atoms with Gasteiger partial charge in [0.25, 0.3) is 5.91 Å². The first kappa shape index (κ1) is 18.8. The van der Waals surface area contributed by atoms with E-state index in [1.165, 1.54) is 14.2 Å². The molecule has 1 aromatic carbocycles. The molecule has 0 fully saturated rings. The van der Waals surface area contributed by atoms with Gasteiger partial charge < -0.3 is 20.1 Å². The summed E-state index contributed by atoms with van der Waals surface area (Å²) in [5.74, 6) is -1.21. The number of nitrogens with one attached hydrogen (secondary N) is 2. The van der Waals surface area contributed by atoms with Gasteiger partial charge in [0.15, 0.2) is 0 Å². The molecule has 1 heterocycles. The second-order valence-corrected chi connectivity index (χ2v) is 6.02. The van der Waals surface area contributed by atoms with E-state index in [2.05, 4.69) is 15.4 Å². The second kappa shape index (κ2) is 8.50. The summed E-state index contributed by atoms with van der Waals surface area (Å²) >= 11 is 0. The highest BCUT2D eigenvalue weighted by Crippen LogP contribution is 2.27. The molecule has 1 amide bonds. The van der Waals surface area contributed by atoms with Crippen LogP contribution < -0.4 is 10.6 Å². The van der Waals surface area contributed by atoms with E-state index in [1.807, 2.05) is 13.0 Å². The van der Waals surface area contributed by atoms with Crippen molar-refractivity contribution in [2.45, 2.75) is 38.6 Å². The number of hydrogen-bond acceptors (Lipinski definition) is 6. The van der Waals surface area contributed by atoms with Gasteiger partial charge in [-0.2, -0.15) is 0 Å². The molecule has 0 saturated heterocycles. The first-order valence-electron chi connectivity index (χ1n) is 8.29. The minimum absolute atomic E-state index is 0.184. The molecule has 1 atom stereocenters. The van der Waals surface area contributed by atoms with Gasteiger partial charge in [-0.05, 0) is 49.4 Å². The minimum atomic E-state index is -0.797. The Hall–Kier alpha value is -2.57. The Morgan fingerprint density at radius 3 is 2.68 bits per heavy atom. The molecule has 7 nitrogen and oxygen atoms in total. The summed E-state index contributed by atoms with van der Waals surface area (Å²) in [6.07, 6.45) is 1.78. The molecule has 7 heteroatoms. The van der Waals surface area contributed by atoms with E-state index in [4.69, 9.17) is 4.74 Å². The van der Waals surface area contributed by atoms with Crippen LogP contribution in [0.25, 0.3) is 0 Å². The number of rotatable bonds is 7. The molecule has 0 unspecified atom stereocenters. The maximum absolute atomic E-state index is 12.5. The third-order valence-corrected chi connectivity index (χ3v) is 4.27. The van der Waals surface area contributed by atoms with Crippen LogP contribution >= 0.6 is 0 Å². The van der Waals surface area contributed by atoms with Crippen molar-refractivity contribution < 1.29 is 23.9 Å². The molecule has 25 heavy (non-hydrogen) atoms. The van der Waals surface area contributed by atoms with Crippen LogP contribution in [0.4, 0.5) is 5.69 Å².